The van der Waals surface area contributed by atoms with Crippen molar-refractivity contribution in [3.8, 4) is 0 Å². The van der Waals surface area contributed by atoms with Gasteiger partial charge in [-0.2, -0.15) is 0 Å². The van der Waals surface area contributed by atoms with Crippen LogP contribution in [0.15, 0.2) is 60.7 Å². The minimum atomic E-state index is -0.549. The van der Waals surface area contributed by atoms with Gasteiger partial charge in [-0.3, -0.25) is 0 Å². The molecule has 0 aliphatic carbocycles. The van der Waals surface area contributed by atoms with Crippen LogP contribution in [0.1, 0.15) is 17.4 Å². The van der Waals surface area contributed by atoms with Crippen LogP contribution < -0.4 is 0 Å². The highest BCUT2D eigenvalue weighted by Gasteiger charge is 2.51. The summed E-state index contributed by atoms with van der Waals surface area (Å²) in [4.78, 5) is 0. The van der Waals surface area contributed by atoms with E-state index in [1.54, 1.807) is 14.2 Å². The molecule has 6 atom stereocenters. The Morgan fingerprint density at radius 1 is 0.857 bits per heavy atom. The van der Waals surface area contributed by atoms with Gasteiger partial charge in [0, 0.05) is 19.8 Å². The van der Waals surface area contributed by atoms with E-state index in [0.717, 1.165) is 11.1 Å². The molecule has 4 rings (SSSR count). The van der Waals surface area contributed by atoms with Crippen molar-refractivity contribution < 1.29 is 28.4 Å². The van der Waals surface area contributed by atoms with Crippen LogP contribution in [0.5, 0.6) is 0 Å². The molecule has 0 N–H and O–H groups in total. The van der Waals surface area contributed by atoms with Crippen LogP contribution in [0.3, 0.4) is 0 Å². The van der Waals surface area contributed by atoms with Crippen LogP contribution in [-0.2, 0) is 35.0 Å². The molecule has 6 nitrogen and oxygen atoms in total. The number of fused-ring (bicyclic) bond motifs is 1. The van der Waals surface area contributed by atoms with E-state index in [9.17, 15) is 0 Å². The number of ether oxygens (including phenoxy) is 6. The lowest BCUT2D eigenvalue weighted by Gasteiger charge is -2.48. The summed E-state index contributed by atoms with van der Waals surface area (Å²) in [6.45, 7) is 0.844. The number of hydrogen-bond donors (Lipinski definition) is 0. The van der Waals surface area contributed by atoms with Crippen molar-refractivity contribution in [2.24, 2.45) is 0 Å². The molecule has 6 heteroatoms. The zero-order valence-corrected chi connectivity index (χ0v) is 16.1. The van der Waals surface area contributed by atoms with Gasteiger partial charge < -0.3 is 28.4 Å². The van der Waals surface area contributed by atoms with Gasteiger partial charge in [-0.1, -0.05) is 60.7 Å². The predicted octanol–water partition coefficient (Wildman–Crippen LogP) is 3.07. The summed E-state index contributed by atoms with van der Waals surface area (Å²) in [6.07, 6.45) is -2.41. The Balaban J connectivity index is 1.54. The standard InChI is InChI=1S/C22H26O6/c1-23-20-19(25-13-15-9-5-3-6-10-15)18-17(27-22(20)24-2)14-26-21(28-18)16-11-7-4-8-12-16/h3-12,17-22H,13-14H2,1-2H3/t17-,18-,19+,20-,21-,22+/m1/s1. The number of rotatable bonds is 6. The Labute approximate surface area is 165 Å². The van der Waals surface area contributed by atoms with Gasteiger partial charge in [0.1, 0.15) is 24.4 Å². The lowest BCUT2D eigenvalue weighted by atomic mass is 9.97. The molecule has 2 aliphatic rings. The Morgan fingerprint density at radius 3 is 2.25 bits per heavy atom. The fraction of sp³-hybridized carbons (Fsp3) is 0.455. The second-order valence-corrected chi connectivity index (χ2v) is 6.92. The van der Waals surface area contributed by atoms with E-state index in [2.05, 4.69) is 0 Å². The van der Waals surface area contributed by atoms with Crippen LogP contribution in [0.25, 0.3) is 0 Å². The molecular weight excluding hydrogens is 360 g/mol. The Hall–Kier alpha value is -1.80. The maximum Gasteiger partial charge on any atom is 0.186 e. The summed E-state index contributed by atoms with van der Waals surface area (Å²) in [6, 6.07) is 19.9. The number of benzene rings is 2. The SMILES string of the molecule is CO[C@H]1O[C@@H]2CO[C@@H](c3ccccc3)O[C@H]2[C@H](OCc2ccccc2)[C@H]1OC. The molecule has 0 radical (unpaired) electrons. The molecule has 0 amide bonds. The van der Waals surface area contributed by atoms with E-state index < -0.39 is 18.7 Å². The normalized spacial score (nSPS) is 32.6. The molecule has 0 unspecified atom stereocenters. The fourth-order valence-electron chi connectivity index (χ4n) is 3.72. The van der Waals surface area contributed by atoms with Crippen molar-refractivity contribution in [3.63, 3.8) is 0 Å². The molecule has 0 saturated carbocycles. The molecule has 0 aromatic heterocycles. The molecule has 2 heterocycles. The van der Waals surface area contributed by atoms with Crippen LogP contribution in [-0.4, -0.2) is 51.5 Å². The lowest BCUT2D eigenvalue weighted by Crippen LogP contribution is -2.63. The lowest BCUT2D eigenvalue weighted by molar-refractivity contribution is -0.366. The second kappa shape index (κ2) is 9.13. The highest BCUT2D eigenvalue weighted by atomic mass is 16.8. The quantitative estimate of drug-likeness (QED) is 0.761. The van der Waals surface area contributed by atoms with Crippen molar-refractivity contribution in [1.29, 1.82) is 0 Å². The van der Waals surface area contributed by atoms with Crippen LogP contribution in [0.4, 0.5) is 0 Å². The first kappa shape index (κ1) is 19.5. The zero-order chi connectivity index (χ0) is 19.3. The van der Waals surface area contributed by atoms with Crippen molar-refractivity contribution in [3.05, 3.63) is 71.8 Å². The smallest absolute Gasteiger partial charge is 0.186 e. The third-order valence-corrected chi connectivity index (χ3v) is 5.15. The first-order valence-corrected chi connectivity index (χ1v) is 9.48. The molecule has 2 aliphatic heterocycles. The van der Waals surface area contributed by atoms with E-state index in [1.807, 2.05) is 60.7 Å². The van der Waals surface area contributed by atoms with Crippen molar-refractivity contribution in [2.45, 2.75) is 43.6 Å². The van der Waals surface area contributed by atoms with E-state index in [1.165, 1.54) is 0 Å². The Kier molecular flexibility index (Phi) is 6.36. The van der Waals surface area contributed by atoms with Crippen LogP contribution >= 0.6 is 0 Å². The first-order valence-electron chi connectivity index (χ1n) is 9.48. The van der Waals surface area contributed by atoms with Gasteiger partial charge >= 0.3 is 0 Å². The highest BCUT2D eigenvalue weighted by Crippen LogP contribution is 2.36. The minimum Gasteiger partial charge on any atom is -0.373 e. The van der Waals surface area contributed by atoms with Crippen LogP contribution in [0, 0.1) is 0 Å². The van der Waals surface area contributed by atoms with E-state index in [-0.39, 0.29) is 18.3 Å². The molecule has 150 valence electrons. The molecule has 2 aromatic carbocycles. The molecule has 2 fully saturated rings. The zero-order valence-electron chi connectivity index (χ0n) is 16.1. The van der Waals surface area contributed by atoms with Crippen molar-refractivity contribution in [1.82, 2.24) is 0 Å². The summed E-state index contributed by atoms with van der Waals surface area (Å²) in [5.41, 5.74) is 2.05. The number of methoxy groups -OCH3 is 2. The molecule has 0 bridgehead atoms. The third-order valence-electron chi connectivity index (χ3n) is 5.15. The van der Waals surface area contributed by atoms with Crippen LogP contribution in [0.2, 0.25) is 0 Å². The molecule has 2 saturated heterocycles. The molecule has 28 heavy (non-hydrogen) atoms. The van der Waals surface area contributed by atoms with Gasteiger partial charge in [0.25, 0.3) is 0 Å². The van der Waals surface area contributed by atoms with Crippen molar-refractivity contribution in [2.75, 3.05) is 20.8 Å². The largest absolute Gasteiger partial charge is 0.373 e. The maximum atomic E-state index is 6.29. The molecule has 0 spiro atoms. The summed E-state index contributed by atoms with van der Waals surface area (Å²) in [5.74, 6) is 0. The predicted molar refractivity (Wildman–Crippen MR) is 101 cm³/mol. The van der Waals surface area contributed by atoms with E-state index in [0.29, 0.717) is 13.2 Å². The monoisotopic (exact) mass is 386 g/mol. The third kappa shape index (κ3) is 4.12. The summed E-state index contributed by atoms with van der Waals surface area (Å²) in [5, 5.41) is 0. The van der Waals surface area contributed by atoms with Gasteiger partial charge in [0.15, 0.2) is 12.6 Å². The topological polar surface area (TPSA) is 55.4 Å². The molecule has 2 aromatic rings. The van der Waals surface area contributed by atoms with E-state index >= 15 is 0 Å². The van der Waals surface area contributed by atoms with Crippen molar-refractivity contribution >= 4 is 0 Å². The summed E-state index contributed by atoms with van der Waals surface area (Å²) < 4.78 is 35.7. The average molecular weight is 386 g/mol. The molecular formula is C22H26O6. The highest BCUT2D eigenvalue weighted by molar-refractivity contribution is 5.17. The van der Waals surface area contributed by atoms with Gasteiger partial charge in [-0.25, -0.2) is 0 Å². The Bertz CT molecular complexity index is 724. The van der Waals surface area contributed by atoms with Gasteiger partial charge in [-0.05, 0) is 5.56 Å². The summed E-state index contributed by atoms with van der Waals surface area (Å²) in [7, 11) is 3.23. The number of hydrogen-bond acceptors (Lipinski definition) is 6. The van der Waals surface area contributed by atoms with E-state index in [4.69, 9.17) is 28.4 Å². The first-order chi connectivity index (χ1) is 13.8. The summed E-state index contributed by atoms with van der Waals surface area (Å²) >= 11 is 0. The Morgan fingerprint density at radius 2 is 1.57 bits per heavy atom. The maximum absolute atomic E-state index is 6.29. The minimum absolute atomic E-state index is 0.294. The van der Waals surface area contributed by atoms with Gasteiger partial charge in [-0.15, -0.1) is 0 Å². The average Bonchev–Trinajstić information content (AvgIpc) is 2.77. The van der Waals surface area contributed by atoms with Gasteiger partial charge in [0.2, 0.25) is 0 Å². The van der Waals surface area contributed by atoms with Gasteiger partial charge in [0.05, 0.1) is 13.2 Å². The second-order valence-electron chi connectivity index (χ2n) is 6.92. The fourth-order valence-corrected chi connectivity index (χ4v) is 3.72.